The fraction of sp³-hybridized carbons (Fsp3) is 0.143. The lowest BCUT2D eigenvalue weighted by molar-refractivity contribution is -0.120. The van der Waals surface area contributed by atoms with Crippen molar-refractivity contribution >= 4 is 64.0 Å². The van der Waals surface area contributed by atoms with Gasteiger partial charge in [-0.2, -0.15) is 0 Å². The summed E-state index contributed by atoms with van der Waals surface area (Å²) in [5.41, 5.74) is 2.27. The minimum absolute atomic E-state index is 0.157. The highest BCUT2D eigenvalue weighted by atomic mass is 35.5. The van der Waals surface area contributed by atoms with E-state index in [0.29, 0.717) is 22.0 Å². The van der Waals surface area contributed by atoms with Crippen molar-refractivity contribution in [3.05, 3.63) is 99.2 Å². The molecule has 0 aliphatic carbocycles. The highest BCUT2D eigenvalue weighted by molar-refractivity contribution is 6.53. The van der Waals surface area contributed by atoms with E-state index in [4.69, 9.17) is 27.9 Å². The van der Waals surface area contributed by atoms with Crippen LogP contribution in [-0.2, 0) is 14.3 Å². The topological polar surface area (TPSA) is 105 Å². The lowest BCUT2D eigenvalue weighted by atomic mass is 10.1. The monoisotopic (exact) mass is 551 g/mol. The van der Waals surface area contributed by atoms with Gasteiger partial charge in [0.05, 0.1) is 17.4 Å². The Kier molecular flexibility index (Phi) is 7.85. The van der Waals surface area contributed by atoms with E-state index in [0.717, 1.165) is 10.5 Å². The first kappa shape index (κ1) is 26.9. The van der Waals surface area contributed by atoms with Crippen molar-refractivity contribution in [2.24, 2.45) is 0 Å². The van der Waals surface area contributed by atoms with Gasteiger partial charge in [0.2, 0.25) is 0 Å². The molecule has 0 fully saturated rings. The molecule has 10 heteroatoms. The third kappa shape index (κ3) is 5.72. The zero-order valence-corrected chi connectivity index (χ0v) is 22.2. The van der Waals surface area contributed by atoms with Crippen LogP contribution in [0.2, 0.25) is 5.02 Å². The summed E-state index contributed by atoms with van der Waals surface area (Å²) < 4.78 is 5.19. The van der Waals surface area contributed by atoms with Crippen LogP contribution in [0.15, 0.2) is 77.5 Å². The van der Waals surface area contributed by atoms with Crippen LogP contribution < -0.4 is 15.5 Å². The summed E-state index contributed by atoms with van der Waals surface area (Å²) in [6.07, 6.45) is -0.333. The molecule has 0 aromatic heterocycles. The summed E-state index contributed by atoms with van der Waals surface area (Å²) in [6.45, 7) is 5.28. The number of rotatable bonds is 7. The zero-order chi connectivity index (χ0) is 27.6. The number of halogens is 2. The number of carbonyl (C=O) groups is 4. The largest absolute Gasteiger partial charge is 0.459 e. The lowest BCUT2D eigenvalue weighted by Crippen LogP contribution is -2.32. The molecular formula is C28H23Cl2N3O5. The first-order valence-corrected chi connectivity index (χ1v) is 12.3. The molecule has 3 aromatic carbocycles. The Labute approximate surface area is 229 Å². The molecule has 0 atom stereocenters. The Morgan fingerprint density at radius 2 is 1.61 bits per heavy atom. The second-order valence-electron chi connectivity index (χ2n) is 8.76. The minimum atomic E-state index is -0.751. The number of hydrogen-bond acceptors (Lipinski definition) is 6. The third-order valence-electron chi connectivity index (χ3n) is 5.55. The van der Waals surface area contributed by atoms with E-state index in [1.54, 1.807) is 50.2 Å². The number of aryl methyl sites for hydroxylation is 1. The van der Waals surface area contributed by atoms with Crippen LogP contribution in [0.3, 0.4) is 0 Å². The van der Waals surface area contributed by atoms with E-state index in [1.165, 1.54) is 30.3 Å². The van der Waals surface area contributed by atoms with Crippen molar-refractivity contribution in [3.8, 4) is 0 Å². The first-order valence-electron chi connectivity index (χ1n) is 11.6. The van der Waals surface area contributed by atoms with Gasteiger partial charge in [-0.25, -0.2) is 9.69 Å². The van der Waals surface area contributed by atoms with Gasteiger partial charge in [-0.15, -0.1) is 0 Å². The molecule has 4 rings (SSSR count). The molecule has 8 nitrogen and oxygen atoms in total. The fourth-order valence-corrected chi connectivity index (χ4v) is 4.09. The molecule has 0 unspecified atom stereocenters. The van der Waals surface area contributed by atoms with Gasteiger partial charge < -0.3 is 15.4 Å². The summed E-state index contributed by atoms with van der Waals surface area (Å²) in [7, 11) is 0. The van der Waals surface area contributed by atoms with Crippen LogP contribution in [0.5, 0.6) is 0 Å². The molecule has 3 amide bonds. The number of nitrogens with zero attached hydrogens (tertiary/aromatic N) is 1. The van der Waals surface area contributed by atoms with Gasteiger partial charge in [0.15, 0.2) is 0 Å². The van der Waals surface area contributed by atoms with Gasteiger partial charge in [-0.3, -0.25) is 14.4 Å². The van der Waals surface area contributed by atoms with Crippen molar-refractivity contribution in [1.29, 1.82) is 0 Å². The van der Waals surface area contributed by atoms with Crippen molar-refractivity contribution in [1.82, 2.24) is 0 Å². The van der Waals surface area contributed by atoms with Crippen LogP contribution in [0.1, 0.15) is 40.1 Å². The molecule has 0 spiro atoms. The Morgan fingerprint density at radius 3 is 2.34 bits per heavy atom. The van der Waals surface area contributed by atoms with Gasteiger partial charge in [0, 0.05) is 22.0 Å². The van der Waals surface area contributed by atoms with Crippen LogP contribution >= 0.6 is 23.2 Å². The second kappa shape index (κ2) is 11.1. The number of ether oxygens (including phenoxy) is 1. The number of amides is 3. The Morgan fingerprint density at radius 1 is 0.895 bits per heavy atom. The van der Waals surface area contributed by atoms with Crippen molar-refractivity contribution < 1.29 is 23.9 Å². The van der Waals surface area contributed by atoms with Gasteiger partial charge in [-0.05, 0) is 74.9 Å². The molecule has 0 bridgehead atoms. The van der Waals surface area contributed by atoms with Crippen molar-refractivity contribution in [2.45, 2.75) is 26.9 Å². The van der Waals surface area contributed by atoms with Crippen LogP contribution in [0.25, 0.3) is 0 Å². The van der Waals surface area contributed by atoms with Crippen LogP contribution in [-0.4, -0.2) is 29.8 Å². The number of esters is 1. The lowest BCUT2D eigenvalue weighted by Gasteiger charge is -2.16. The van der Waals surface area contributed by atoms with Gasteiger partial charge in [0.25, 0.3) is 17.7 Å². The quantitative estimate of drug-likeness (QED) is 0.279. The smallest absolute Gasteiger partial charge is 0.338 e. The van der Waals surface area contributed by atoms with Gasteiger partial charge in [-0.1, -0.05) is 41.4 Å². The molecule has 1 heterocycles. The number of benzene rings is 3. The highest BCUT2D eigenvalue weighted by Crippen LogP contribution is 2.31. The molecule has 3 aromatic rings. The zero-order valence-electron chi connectivity index (χ0n) is 20.7. The number of hydrogen-bond donors (Lipinski definition) is 2. The third-order valence-corrected chi connectivity index (χ3v) is 6.14. The van der Waals surface area contributed by atoms with Crippen molar-refractivity contribution in [3.63, 3.8) is 0 Å². The second-order valence-corrected chi connectivity index (χ2v) is 9.57. The summed E-state index contributed by atoms with van der Waals surface area (Å²) in [4.78, 5) is 52.1. The van der Waals surface area contributed by atoms with E-state index in [1.807, 2.05) is 6.92 Å². The number of nitrogens with one attached hydrogen (secondary N) is 2. The van der Waals surface area contributed by atoms with E-state index in [2.05, 4.69) is 10.6 Å². The molecule has 0 radical (unpaired) electrons. The maximum atomic E-state index is 13.2. The fourth-order valence-electron chi connectivity index (χ4n) is 3.71. The summed E-state index contributed by atoms with van der Waals surface area (Å²) in [5, 5.41) is 5.83. The van der Waals surface area contributed by atoms with E-state index < -0.39 is 17.8 Å². The maximum absolute atomic E-state index is 13.2. The molecule has 0 saturated heterocycles. The van der Waals surface area contributed by atoms with Crippen LogP contribution in [0.4, 0.5) is 17.1 Å². The molecule has 2 N–H and O–H groups in total. The molecule has 194 valence electrons. The molecule has 1 aliphatic rings. The predicted molar refractivity (Wildman–Crippen MR) is 147 cm³/mol. The molecular weight excluding hydrogens is 529 g/mol. The van der Waals surface area contributed by atoms with Gasteiger partial charge in [0.1, 0.15) is 10.7 Å². The summed E-state index contributed by atoms with van der Waals surface area (Å²) >= 11 is 12.3. The minimum Gasteiger partial charge on any atom is -0.459 e. The Bertz CT molecular complexity index is 1500. The average molecular weight is 552 g/mol. The van der Waals surface area contributed by atoms with Gasteiger partial charge >= 0.3 is 5.97 Å². The maximum Gasteiger partial charge on any atom is 0.338 e. The SMILES string of the molecule is Cc1ccc(Cl)cc1NC(=O)c1cccc(NC2=C(Cl)C(=O)N(c3cccc(C(=O)OC(C)C)c3)C2=O)c1. The van der Waals surface area contributed by atoms with E-state index >= 15 is 0 Å². The van der Waals surface area contributed by atoms with E-state index in [9.17, 15) is 19.2 Å². The first-order chi connectivity index (χ1) is 18.0. The van der Waals surface area contributed by atoms with Crippen molar-refractivity contribution in [2.75, 3.05) is 15.5 Å². The predicted octanol–water partition coefficient (Wildman–Crippen LogP) is 5.90. The van der Waals surface area contributed by atoms with E-state index in [-0.39, 0.29) is 34.0 Å². The number of imide groups is 1. The Hall–Kier alpha value is -4.14. The highest BCUT2D eigenvalue weighted by Gasteiger charge is 2.39. The summed E-state index contributed by atoms with van der Waals surface area (Å²) in [5.74, 6) is -2.43. The molecule has 38 heavy (non-hydrogen) atoms. The molecule has 1 aliphatic heterocycles. The normalized spacial score (nSPS) is 13.3. The molecule has 0 saturated carbocycles. The Balaban J connectivity index is 1.54. The number of carbonyl (C=O) groups excluding carboxylic acids is 4. The average Bonchev–Trinajstić information content (AvgIpc) is 3.09. The number of anilines is 3. The standard InChI is InChI=1S/C28H23Cl2N3O5/c1-15(2)38-28(37)18-7-5-9-21(13-18)33-26(35)23(30)24(27(33)36)31-20-8-4-6-17(12-20)25(34)32-22-14-19(29)11-10-16(22)3/h4-15,31H,1-3H3,(H,32,34). The van der Waals surface area contributed by atoms with Crippen LogP contribution in [0, 0.1) is 6.92 Å². The summed E-state index contributed by atoms with van der Waals surface area (Å²) in [6, 6.07) is 17.5.